The maximum Gasteiger partial charge on any atom is 0.410 e. The summed E-state index contributed by atoms with van der Waals surface area (Å²) in [7, 11) is 4.80. The zero-order valence-electron chi connectivity index (χ0n) is 66.6. The lowest BCUT2D eigenvalue weighted by Crippen LogP contribution is -2.56. The van der Waals surface area contributed by atoms with Gasteiger partial charge >= 0.3 is 18.1 Å². The zero-order chi connectivity index (χ0) is 80.7. The number of ketones is 4. The maximum absolute atomic E-state index is 15.0. The van der Waals surface area contributed by atoms with Crippen molar-refractivity contribution in [2.45, 2.75) is 221 Å². The molecule has 1 unspecified atom stereocenters. The van der Waals surface area contributed by atoms with E-state index in [0.29, 0.717) is 56.4 Å². The Labute approximate surface area is 642 Å². The number of hydrogen-bond donors (Lipinski definition) is 3. The van der Waals surface area contributed by atoms with E-state index in [-0.39, 0.29) is 149 Å². The van der Waals surface area contributed by atoms with Crippen molar-refractivity contribution in [2.24, 2.45) is 53.1 Å². The molecule has 27 nitrogen and oxygen atoms in total. The molecule has 600 valence electrons. The minimum absolute atomic E-state index is 0.0382. The molecule has 109 heavy (non-hydrogen) atoms. The van der Waals surface area contributed by atoms with Crippen LogP contribution >= 0.6 is 0 Å². The van der Waals surface area contributed by atoms with Crippen LogP contribution in [0.15, 0.2) is 78.9 Å². The predicted octanol–water partition coefficient (Wildman–Crippen LogP) is 7.55. The van der Waals surface area contributed by atoms with Crippen LogP contribution in [0, 0.1) is 47.3 Å². The van der Waals surface area contributed by atoms with Gasteiger partial charge in [0.2, 0.25) is 17.7 Å². The van der Waals surface area contributed by atoms with Crippen LogP contribution in [0.4, 0.5) is 9.59 Å². The van der Waals surface area contributed by atoms with Gasteiger partial charge in [0.1, 0.15) is 23.8 Å². The van der Waals surface area contributed by atoms with Crippen LogP contribution in [0.3, 0.4) is 0 Å². The molecule has 4 heterocycles. The molecule has 0 spiro atoms. The molecular weight excluding hydrogens is 1400 g/mol. The summed E-state index contributed by atoms with van der Waals surface area (Å²) in [5, 5.41) is 5.33. The highest BCUT2D eigenvalue weighted by Gasteiger charge is 2.45. The average molecular weight is 1520 g/mol. The number of esters is 1. The number of primary amides is 1. The topological polar surface area (TPSA) is 345 Å². The molecule has 4 aliphatic heterocycles. The fourth-order valence-corrected chi connectivity index (χ4v) is 15.3. The van der Waals surface area contributed by atoms with E-state index in [0.717, 1.165) is 39.7 Å². The Morgan fingerprint density at radius 1 is 0.670 bits per heavy atom. The molecule has 0 bridgehead atoms. The molecular formula is C82H119N9O18. The van der Waals surface area contributed by atoms with Crippen molar-refractivity contribution in [1.29, 1.82) is 0 Å². The molecule has 4 N–H and O–H groups in total. The largest absolute Gasteiger partial charge is 0.460 e. The van der Waals surface area contributed by atoms with E-state index >= 15 is 4.79 Å². The lowest BCUT2D eigenvalue weighted by molar-refractivity contribution is -0.161. The van der Waals surface area contributed by atoms with E-state index in [9.17, 15) is 62.3 Å². The van der Waals surface area contributed by atoms with Gasteiger partial charge in [-0.05, 0) is 99.7 Å². The first-order valence-corrected chi connectivity index (χ1v) is 38.6. The molecule has 0 aromatic heterocycles. The van der Waals surface area contributed by atoms with Gasteiger partial charge in [-0.15, -0.1) is 0 Å². The number of imide groups is 2. The lowest BCUT2D eigenvalue weighted by atomic mass is 9.83. The second-order valence-electron chi connectivity index (χ2n) is 31.7. The molecule has 0 radical (unpaired) electrons. The summed E-state index contributed by atoms with van der Waals surface area (Å²) in [6.07, 6.45) is 4.14. The first-order valence-electron chi connectivity index (χ1n) is 38.6. The molecule has 10 amide bonds. The van der Waals surface area contributed by atoms with Crippen molar-refractivity contribution in [2.75, 3.05) is 67.1 Å². The standard InChI is InChI=1S/C82H119N9O18/c1-16-53(8)75(68(106-14)47-73(100)89-37-21-25-64(89)76(107-15)54(9)65(93)44-58(79(103)109-82(10,11)12)42-55-22-18-17-19-23-55)86(13)78(102)62(51(4)5)46-67(95)74(52(6)7)87-38-40-88(41-39-87)81(105)108-49-57-28-26-56(27-29-57)43-66(94)63(24-20-36-84-80(83)104)85-77(101)61(50(2)3)45-60(92)31-30-59(91-71(98)34-35-72(91)99)48-90-69(96)32-33-70(90)97/h17-19,22-23,26-29,32-35,50-54,58-59,61-64,68,74-76H,16,20-21,24-25,30-31,36-49H2,1-15H3,(H,85,101)(H3,83,84,104)/t53-,54-,58+,59?,61-,62-,63-,64-,68+,74-,75-,76+/m0/s1. The van der Waals surface area contributed by atoms with Crippen molar-refractivity contribution in [3.05, 3.63) is 95.6 Å². The second-order valence-corrected chi connectivity index (χ2v) is 31.7. The van der Waals surface area contributed by atoms with Crippen LogP contribution in [-0.2, 0) is 95.9 Å². The number of piperazine rings is 1. The highest BCUT2D eigenvalue weighted by molar-refractivity contribution is 6.14. The fraction of sp³-hybridized carbons (Fsp3) is 0.634. The van der Waals surface area contributed by atoms with Gasteiger partial charge in [-0.3, -0.25) is 72.2 Å². The summed E-state index contributed by atoms with van der Waals surface area (Å²) >= 11 is 0. The van der Waals surface area contributed by atoms with Gasteiger partial charge in [0.05, 0.1) is 61.3 Å². The van der Waals surface area contributed by atoms with Crippen LogP contribution < -0.4 is 16.4 Å². The Morgan fingerprint density at radius 3 is 1.83 bits per heavy atom. The number of ether oxygens (including phenoxy) is 4. The van der Waals surface area contributed by atoms with E-state index < -0.39 is 119 Å². The molecule has 2 aromatic rings. The van der Waals surface area contributed by atoms with E-state index in [1.54, 1.807) is 87.6 Å². The summed E-state index contributed by atoms with van der Waals surface area (Å²) in [5.41, 5.74) is 6.66. The summed E-state index contributed by atoms with van der Waals surface area (Å²) in [6.45, 7) is 23.9. The van der Waals surface area contributed by atoms with Gasteiger partial charge in [0.25, 0.3) is 23.6 Å². The number of carbonyl (C=O) groups excluding carboxylic acids is 14. The van der Waals surface area contributed by atoms with E-state index in [2.05, 4.69) is 15.5 Å². The monoisotopic (exact) mass is 1520 g/mol. The number of hydrogen-bond acceptors (Lipinski definition) is 19. The van der Waals surface area contributed by atoms with Crippen molar-refractivity contribution in [3.8, 4) is 0 Å². The van der Waals surface area contributed by atoms with Crippen molar-refractivity contribution in [1.82, 2.24) is 40.0 Å². The highest BCUT2D eigenvalue weighted by atomic mass is 16.6. The van der Waals surface area contributed by atoms with E-state index in [4.69, 9.17) is 24.7 Å². The quantitative estimate of drug-likeness (QED) is 0.0327. The smallest absolute Gasteiger partial charge is 0.410 e. The number of amides is 10. The SMILES string of the molecule is CC[C@H](C)[C@@H]([C@@H](CC(=O)N1CCC[C@H]1[C@H](OC)[C@@H](C)C(=O)C[C@@H](Cc1ccccc1)C(=O)OC(C)(C)C)OC)N(C)C(=O)[C@@H](CC(=O)[C@H](C(C)C)N1CCN(C(=O)OCc2ccc(CC(=O)[C@H](CCCNC(N)=O)NC(=O)[C@@H](CC(=O)CCC(CN3C(=O)C=CC3=O)N3C(=O)C=CC3=O)C(C)C)cc2)CC1)C(C)C. The number of nitrogens with one attached hydrogen (secondary N) is 2. The summed E-state index contributed by atoms with van der Waals surface area (Å²) < 4.78 is 23.8. The third-order valence-electron chi connectivity index (χ3n) is 21.6. The number of carbonyl (C=O) groups is 14. The number of likely N-dealkylation sites (tertiary alicyclic amines) is 1. The van der Waals surface area contributed by atoms with E-state index in [1.807, 2.05) is 71.9 Å². The second kappa shape index (κ2) is 41.8. The first kappa shape index (κ1) is 89.1. The van der Waals surface area contributed by atoms with Gasteiger partial charge in [0.15, 0.2) is 11.6 Å². The van der Waals surface area contributed by atoms with Crippen LogP contribution in [0.2, 0.25) is 0 Å². The van der Waals surface area contributed by atoms with Crippen molar-refractivity contribution < 1.29 is 86.1 Å². The third kappa shape index (κ3) is 25.6. The molecule has 12 atom stereocenters. The number of nitrogens with two attached hydrogens (primary N) is 1. The molecule has 6 rings (SSSR count). The summed E-state index contributed by atoms with van der Waals surface area (Å²) in [5.74, 6) is -8.95. The van der Waals surface area contributed by atoms with E-state index in [1.165, 1.54) is 14.2 Å². The average Bonchev–Trinajstić information content (AvgIpc) is 1.80. The Balaban J connectivity index is 1.02. The van der Waals surface area contributed by atoms with Crippen molar-refractivity contribution >= 4 is 82.6 Å². The van der Waals surface area contributed by atoms with Gasteiger partial charge in [0, 0.05) is 135 Å². The maximum atomic E-state index is 15.0. The lowest BCUT2D eigenvalue weighted by Gasteiger charge is -2.42. The van der Waals surface area contributed by atoms with Crippen LogP contribution in [0.1, 0.15) is 170 Å². The van der Waals surface area contributed by atoms with Gasteiger partial charge in [-0.1, -0.05) is 123 Å². The molecule has 2 fully saturated rings. The Bertz CT molecular complexity index is 3550. The molecule has 0 saturated carbocycles. The minimum atomic E-state index is -1.04. The number of urea groups is 1. The summed E-state index contributed by atoms with van der Waals surface area (Å²) in [6, 6.07) is 12.0. The number of Topliss-reactive ketones (excluding diaryl/α,β-unsaturated/α-hetero) is 4. The van der Waals surface area contributed by atoms with Gasteiger partial charge < -0.3 is 50.0 Å². The molecule has 27 heteroatoms. The van der Waals surface area contributed by atoms with Gasteiger partial charge in [-0.2, -0.15) is 0 Å². The number of nitrogens with zero attached hydrogens (tertiary/aromatic N) is 6. The molecule has 4 aliphatic rings. The number of rotatable bonds is 43. The highest BCUT2D eigenvalue weighted by Crippen LogP contribution is 2.34. The Kier molecular flexibility index (Phi) is 34.2. The molecule has 2 saturated heterocycles. The molecule has 2 aromatic carbocycles. The Morgan fingerprint density at radius 2 is 1.28 bits per heavy atom. The summed E-state index contributed by atoms with van der Waals surface area (Å²) in [4.78, 5) is 198. The zero-order valence-corrected chi connectivity index (χ0v) is 66.6. The first-order chi connectivity index (χ1) is 51.5. The number of benzene rings is 2. The van der Waals surface area contributed by atoms with Crippen LogP contribution in [0.25, 0.3) is 0 Å². The fourth-order valence-electron chi connectivity index (χ4n) is 15.3. The number of likely N-dealkylation sites (N-methyl/N-ethyl adjacent to an activating group) is 1. The predicted molar refractivity (Wildman–Crippen MR) is 407 cm³/mol. The van der Waals surface area contributed by atoms with Gasteiger partial charge in [-0.25, -0.2) is 9.59 Å². The van der Waals surface area contributed by atoms with Crippen LogP contribution in [-0.4, -0.2) is 227 Å². The molecule has 0 aliphatic carbocycles. The van der Waals surface area contributed by atoms with Crippen LogP contribution in [0.5, 0.6) is 0 Å². The number of methoxy groups -OCH3 is 2. The Hall–Kier alpha value is -8.82. The minimum Gasteiger partial charge on any atom is -0.460 e. The normalized spacial score (nSPS) is 18.6. The van der Waals surface area contributed by atoms with Crippen molar-refractivity contribution in [3.63, 3.8) is 0 Å². The third-order valence-corrected chi connectivity index (χ3v) is 21.6.